The fraction of sp³-hybridized carbons (Fsp3) is 0.800. The average Bonchev–Trinajstić information content (AvgIpc) is 2.21. The minimum absolute atomic E-state index is 0.277. The van der Waals surface area contributed by atoms with E-state index in [1.165, 1.54) is 19.3 Å². The fourth-order valence-corrected chi connectivity index (χ4v) is 1.49. The first-order valence-electron chi connectivity index (χ1n) is 4.82. The Morgan fingerprint density at radius 1 is 1.25 bits per heavy atom. The molecular formula is C10H19FO. The molecule has 12 heavy (non-hydrogen) atoms. The molecule has 0 spiro atoms. The van der Waals surface area contributed by atoms with Crippen LogP contribution >= 0.6 is 0 Å². The maximum atomic E-state index is 11.6. The Bertz CT molecular complexity index is 117. The summed E-state index contributed by atoms with van der Waals surface area (Å²) in [4.78, 5) is 3.60. The van der Waals surface area contributed by atoms with Crippen molar-refractivity contribution in [2.75, 3.05) is 0 Å². The van der Waals surface area contributed by atoms with E-state index in [4.69, 9.17) is 0 Å². The molecule has 0 amide bonds. The van der Waals surface area contributed by atoms with Gasteiger partial charge < -0.3 is 0 Å². The lowest BCUT2D eigenvalue weighted by Gasteiger charge is -2.19. The summed E-state index contributed by atoms with van der Waals surface area (Å²) >= 11 is 0. The van der Waals surface area contributed by atoms with Crippen LogP contribution in [0.5, 0.6) is 0 Å². The van der Waals surface area contributed by atoms with Crippen LogP contribution in [0.2, 0.25) is 0 Å². The van der Waals surface area contributed by atoms with Crippen molar-refractivity contribution in [1.29, 1.82) is 0 Å². The third-order valence-corrected chi connectivity index (χ3v) is 2.16. The Morgan fingerprint density at radius 3 is 2.17 bits per heavy atom. The summed E-state index contributed by atoms with van der Waals surface area (Å²) in [6.07, 6.45) is 5.74. The molecule has 72 valence electrons. The summed E-state index contributed by atoms with van der Waals surface area (Å²) < 4.78 is 11.6. The average molecular weight is 174 g/mol. The number of rotatable bonds is 2. The third-order valence-electron chi connectivity index (χ3n) is 2.16. The van der Waals surface area contributed by atoms with Crippen molar-refractivity contribution in [2.24, 2.45) is 5.92 Å². The lowest BCUT2D eigenvalue weighted by atomic mass is 9.88. The summed E-state index contributed by atoms with van der Waals surface area (Å²) in [5.74, 6) is 0.596. The molecule has 0 heterocycles. The van der Waals surface area contributed by atoms with Crippen molar-refractivity contribution in [3.8, 4) is 0 Å². The van der Waals surface area contributed by atoms with E-state index in [-0.39, 0.29) is 5.92 Å². The van der Waals surface area contributed by atoms with Gasteiger partial charge in [-0.05, 0) is 12.8 Å². The zero-order chi connectivity index (χ0) is 9.40. The lowest BCUT2D eigenvalue weighted by Crippen LogP contribution is -2.08. The summed E-state index contributed by atoms with van der Waals surface area (Å²) in [5, 5.41) is 0. The summed E-state index contributed by atoms with van der Waals surface area (Å²) in [5.41, 5.74) is 0. The Morgan fingerprint density at radius 2 is 1.75 bits per heavy atom. The van der Waals surface area contributed by atoms with Crippen LogP contribution in [0.3, 0.4) is 0 Å². The lowest BCUT2D eigenvalue weighted by molar-refractivity contribution is -0.0973. The van der Waals surface area contributed by atoms with E-state index < -0.39 is 0 Å². The van der Waals surface area contributed by atoms with Gasteiger partial charge in [0.2, 0.25) is 0 Å². The molecule has 0 N–H and O–H groups in total. The standard InChI is InChI=1S/C8H13FO.C2H6/c1-7(10-9)8-5-3-2-4-6-8;1-2/h8H,1-6H2;1-2H3. The van der Waals surface area contributed by atoms with E-state index in [0.717, 1.165) is 12.8 Å². The van der Waals surface area contributed by atoms with Gasteiger partial charge >= 0.3 is 0 Å². The smallest absolute Gasteiger partial charge is 0.144 e. The van der Waals surface area contributed by atoms with Gasteiger partial charge in [-0.15, -0.1) is 0 Å². The maximum absolute atomic E-state index is 11.6. The Balaban J connectivity index is 0.000000561. The van der Waals surface area contributed by atoms with Crippen molar-refractivity contribution >= 4 is 0 Å². The van der Waals surface area contributed by atoms with Crippen LogP contribution in [-0.2, 0) is 4.94 Å². The van der Waals surface area contributed by atoms with E-state index in [1.807, 2.05) is 13.8 Å². The minimum atomic E-state index is 0.277. The molecule has 1 saturated carbocycles. The van der Waals surface area contributed by atoms with Crippen molar-refractivity contribution in [3.63, 3.8) is 0 Å². The van der Waals surface area contributed by atoms with E-state index in [2.05, 4.69) is 11.5 Å². The van der Waals surface area contributed by atoms with E-state index >= 15 is 0 Å². The predicted octanol–water partition coefficient (Wildman–Crippen LogP) is 4.01. The maximum Gasteiger partial charge on any atom is 0.144 e. The highest BCUT2D eigenvalue weighted by Gasteiger charge is 2.17. The molecule has 1 fully saturated rings. The van der Waals surface area contributed by atoms with E-state index in [9.17, 15) is 4.53 Å². The van der Waals surface area contributed by atoms with Crippen molar-refractivity contribution < 1.29 is 9.47 Å². The van der Waals surface area contributed by atoms with Gasteiger partial charge in [-0.25, -0.2) is 0 Å². The molecule has 0 bridgehead atoms. The molecule has 1 aliphatic carbocycles. The zero-order valence-corrected chi connectivity index (χ0v) is 8.11. The molecule has 0 aromatic rings. The van der Waals surface area contributed by atoms with Crippen molar-refractivity contribution in [1.82, 2.24) is 0 Å². The Kier molecular flexibility index (Phi) is 6.82. The van der Waals surface area contributed by atoms with Gasteiger partial charge in [0.05, 0.1) is 0 Å². The van der Waals surface area contributed by atoms with Crippen LogP contribution in [0.25, 0.3) is 0 Å². The molecule has 0 atom stereocenters. The molecule has 0 unspecified atom stereocenters. The minimum Gasteiger partial charge on any atom is -0.299 e. The number of allylic oxidation sites excluding steroid dienone is 1. The fourth-order valence-electron chi connectivity index (χ4n) is 1.49. The van der Waals surface area contributed by atoms with Gasteiger partial charge in [0, 0.05) is 10.4 Å². The highest BCUT2D eigenvalue weighted by atomic mass is 19.3. The highest BCUT2D eigenvalue weighted by molar-refractivity contribution is 4.91. The second-order valence-electron chi connectivity index (χ2n) is 2.88. The summed E-state index contributed by atoms with van der Waals surface area (Å²) in [6, 6.07) is 0. The Hall–Kier alpha value is -0.530. The molecular weight excluding hydrogens is 155 g/mol. The van der Waals surface area contributed by atoms with Crippen LogP contribution in [-0.4, -0.2) is 0 Å². The second kappa shape index (κ2) is 7.14. The normalized spacial score (nSPS) is 17.6. The van der Waals surface area contributed by atoms with E-state index in [0.29, 0.717) is 5.76 Å². The van der Waals surface area contributed by atoms with Crippen LogP contribution in [0, 0.1) is 5.92 Å². The highest BCUT2D eigenvalue weighted by Crippen LogP contribution is 2.29. The van der Waals surface area contributed by atoms with Gasteiger partial charge in [-0.3, -0.25) is 4.94 Å². The molecule has 2 heteroatoms. The zero-order valence-electron chi connectivity index (χ0n) is 8.11. The van der Waals surface area contributed by atoms with Crippen LogP contribution in [0.1, 0.15) is 46.0 Å². The third kappa shape index (κ3) is 3.74. The molecule has 1 rings (SSSR count). The van der Waals surface area contributed by atoms with E-state index in [1.54, 1.807) is 0 Å². The van der Waals surface area contributed by atoms with Crippen LogP contribution < -0.4 is 0 Å². The second-order valence-corrected chi connectivity index (χ2v) is 2.88. The van der Waals surface area contributed by atoms with Gasteiger partial charge in [0.1, 0.15) is 5.76 Å². The molecule has 0 radical (unpaired) electrons. The van der Waals surface area contributed by atoms with Gasteiger partial charge in [-0.1, -0.05) is 39.7 Å². The Labute approximate surface area is 74.5 Å². The van der Waals surface area contributed by atoms with Gasteiger partial charge in [0.15, 0.2) is 0 Å². The number of hydrogen-bond donors (Lipinski definition) is 0. The monoisotopic (exact) mass is 174 g/mol. The molecule has 0 aromatic carbocycles. The SMILES string of the molecule is C=C(OF)C1CCCCC1.CC. The molecule has 0 aromatic heterocycles. The van der Waals surface area contributed by atoms with Crippen LogP contribution in [0.4, 0.5) is 4.53 Å². The number of halogens is 1. The molecule has 1 nitrogen and oxygen atoms in total. The summed E-state index contributed by atoms with van der Waals surface area (Å²) in [6.45, 7) is 7.50. The topological polar surface area (TPSA) is 9.23 Å². The molecule has 0 saturated heterocycles. The first kappa shape index (κ1) is 11.5. The molecule has 0 aliphatic heterocycles. The molecule has 1 aliphatic rings. The summed E-state index contributed by atoms with van der Waals surface area (Å²) in [7, 11) is 0. The quantitative estimate of drug-likeness (QED) is 0.575. The number of hydrogen-bond acceptors (Lipinski definition) is 1. The first-order chi connectivity index (χ1) is 5.84. The van der Waals surface area contributed by atoms with Crippen LogP contribution in [0.15, 0.2) is 12.3 Å². The van der Waals surface area contributed by atoms with Gasteiger partial charge in [-0.2, -0.15) is 0 Å². The van der Waals surface area contributed by atoms with Crippen molar-refractivity contribution in [2.45, 2.75) is 46.0 Å². The largest absolute Gasteiger partial charge is 0.299 e. The van der Waals surface area contributed by atoms with Crippen molar-refractivity contribution in [3.05, 3.63) is 12.3 Å². The van der Waals surface area contributed by atoms with Gasteiger partial charge in [0.25, 0.3) is 0 Å². The predicted molar refractivity (Wildman–Crippen MR) is 49.3 cm³/mol. The first-order valence-corrected chi connectivity index (χ1v) is 4.82.